The molecule has 0 aliphatic heterocycles. The normalized spacial score (nSPS) is 12.7. The Bertz CT molecular complexity index is 136. The zero-order chi connectivity index (χ0) is 8.15. The van der Waals surface area contributed by atoms with E-state index in [9.17, 15) is 0 Å². The summed E-state index contributed by atoms with van der Waals surface area (Å²) in [6, 6.07) is 0. The minimum absolute atomic E-state index is 0.382. The lowest BCUT2D eigenvalue weighted by Crippen LogP contribution is -2.05. The number of rotatable bonds is 4. The van der Waals surface area contributed by atoms with Gasteiger partial charge in [0, 0.05) is 5.71 Å². The lowest BCUT2D eigenvalue weighted by atomic mass is 9.97. The highest BCUT2D eigenvalue weighted by Crippen LogP contribution is 2.12. The van der Waals surface area contributed by atoms with Gasteiger partial charge in [0.25, 0.3) is 0 Å². The van der Waals surface area contributed by atoms with Gasteiger partial charge in [0.05, 0.1) is 0 Å². The van der Waals surface area contributed by atoms with Crippen LogP contribution in [0.2, 0.25) is 0 Å². The zero-order valence-corrected chi connectivity index (χ0v) is 7.20. The monoisotopic (exact) mass is 139 g/mol. The van der Waals surface area contributed by atoms with Gasteiger partial charge in [0.2, 0.25) is 0 Å². The third-order valence-corrected chi connectivity index (χ3v) is 1.83. The Labute approximate surface area is 63.7 Å². The van der Waals surface area contributed by atoms with Crippen molar-refractivity contribution < 1.29 is 0 Å². The Morgan fingerprint density at radius 1 is 1.60 bits per heavy atom. The van der Waals surface area contributed by atoms with E-state index in [-0.39, 0.29) is 0 Å². The highest BCUT2D eigenvalue weighted by atomic mass is 14.4. The van der Waals surface area contributed by atoms with E-state index >= 15 is 0 Å². The molecule has 1 heteroatoms. The van der Waals surface area contributed by atoms with Gasteiger partial charge in [-0.1, -0.05) is 26.0 Å². The van der Waals surface area contributed by atoms with Crippen LogP contribution in [0.15, 0.2) is 12.2 Å². The van der Waals surface area contributed by atoms with Crippen molar-refractivity contribution in [2.75, 3.05) is 0 Å². The van der Waals surface area contributed by atoms with Crippen LogP contribution in [0.5, 0.6) is 0 Å². The molecule has 0 bridgehead atoms. The van der Waals surface area contributed by atoms with E-state index in [0.717, 1.165) is 18.6 Å². The zero-order valence-electron chi connectivity index (χ0n) is 7.20. The van der Waals surface area contributed by atoms with E-state index in [1.54, 1.807) is 0 Å². The van der Waals surface area contributed by atoms with Gasteiger partial charge in [-0.3, -0.25) is 0 Å². The Hall–Kier alpha value is -0.590. The number of allylic oxidation sites excluding steroid dienone is 1. The second-order valence-corrected chi connectivity index (χ2v) is 2.89. The largest absolute Gasteiger partial charge is 0.310 e. The molecule has 0 fully saturated rings. The average molecular weight is 139 g/mol. The van der Waals surface area contributed by atoms with Crippen LogP contribution in [0, 0.1) is 11.3 Å². The smallest absolute Gasteiger partial charge is 0.00895 e. The summed E-state index contributed by atoms with van der Waals surface area (Å²) in [6.45, 7) is 9.93. The molecule has 0 radical (unpaired) electrons. The van der Waals surface area contributed by atoms with Gasteiger partial charge in [0.15, 0.2) is 0 Å². The van der Waals surface area contributed by atoms with Gasteiger partial charge in [-0.05, 0) is 25.7 Å². The van der Waals surface area contributed by atoms with E-state index < -0.39 is 0 Å². The maximum Gasteiger partial charge on any atom is 0.00895 e. The molecule has 0 aliphatic carbocycles. The molecule has 0 aliphatic rings. The molecular weight excluding hydrogens is 122 g/mol. The van der Waals surface area contributed by atoms with E-state index in [1.807, 2.05) is 6.92 Å². The molecule has 0 aromatic carbocycles. The molecule has 0 rings (SSSR count). The van der Waals surface area contributed by atoms with E-state index in [1.165, 1.54) is 5.57 Å². The summed E-state index contributed by atoms with van der Waals surface area (Å²) in [6.07, 6.45) is 2.02. The second-order valence-electron chi connectivity index (χ2n) is 2.89. The van der Waals surface area contributed by atoms with Gasteiger partial charge in [-0.2, -0.15) is 0 Å². The number of nitrogens with one attached hydrogen (secondary N) is 1. The highest BCUT2D eigenvalue weighted by Gasteiger charge is 2.04. The summed E-state index contributed by atoms with van der Waals surface area (Å²) in [5.41, 5.74) is 2.01. The van der Waals surface area contributed by atoms with Crippen molar-refractivity contribution in [3.63, 3.8) is 0 Å². The van der Waals surface area contributed by atoms with Crippen molar-refractivity contribution in [3.05, 3.63) is 12.2 Å². The third kappa shape index (κ3) is 3.44. The molecule has 0 heterocycles. The van der Waals surface area contributed by atoms with Crippen LogP contribution in [0.25, 0.3) is 0 Å². The van der Waals surface area contributed by atoms with Crippen LogP contribution in [0.4, 0.5) is 0 Å². The lowest BCUT2D eigenvalue weighted by Gasteiger charge is -2.09. The van der Waals surface area contributed by atoms with Crippen LogP contribution in [0.1, 0.15) is 33.6 Å². The van der Waals surface area contributed by atoms with Gasteiger partial charge in [-0.25, -0.2) is 0 Å². The summed E-state index contributed by atoms with van der Waals surface area (Å²) in [7, 11) is 0. The molecule has 1 nitrogen and oxygen atoms in total. The van der Waals surface area contributed by atoms with E-state index in [0.29, 0.717) is 5.92 Å². The molecule has 0 spiro atoms. The molecule has 10 heavy (non-hydrogen) atoms. The minimum Gasteiger partial charge on any atom is -0.310 e. The fourth-order valence-electron chi connectivity index (χ4n) is 0.730. The predicted molar refractivity (Wildman–Crippen MR) is 46.6 cm³/mol. The molecule has 0 saturated carbocycles. The van der Waals surface area contributed by atoms with Gasteiger partial charge >= 0.3 is 0 Å². The quantitative estimate of drug-likeness (QED) is 0.457. The molecule has 1 atom stereocenters. The number of hydrogen-bond acceptors (Lipinski definition) is 1. The van der Waals surface area contributed by atoms with Crippen LogP contribution in [0.3, 0.4) is 0 Å². The van der Waals surface area contributed by atoms with Crippen molar-refractivity contribution in [1.29, 1.82) is 5.41 Å². The SMILES string of the molecule is C=C(CC)CC(C)C(C)=N. The maximum absolute atomic E-state index is 7.33. The fraction of sp³-hybridized carbons (Fsp3) is 0.667. The minimum atomic E-state index is 0.382. The summed E-state index contributed by atoms with van der Waals surface area (Å²) >= 11 is 0. The Morgan fingerprint density at radius 2 is 2.10 bits per heavy atom. The van der Waals surface area contributed by atoms with E-state index in [2.05, 4.69) is 20.4 Å². The first kappa shape index (κ1) is 9.41. The van der Waals surface area contributed by atoms with Crippen molar-refractivity contribution in [1.82, 2.24) is 0 Å². The van der Waals surface area contributed by atoms with Gasteiger partial charge in [-0.15, -0.1) is 0 Å². The molecular formula is C9H17N. The standard InChI is InChI=1S/C9H17N/c1-5-7(2)6-8(3)9(4)10/h8,10H,2,5-6H2,1,3-4H3. The molecule has 0 aromatic heterocycles. The Morgan fingerprint density at radius 3 is 2.40 bits per heavy atom. The molecule has 1 unspecified atom stereocenters. The van der Waals surface area contributed by atoms with Crippen LogP contribution >= 0.6 is 0 Å². The van der Waals surface area contributed by atoms with Crippen molar-refractivity contribution in [2.45, 2.75) is 33.6 Å². The molecule has 58 valence electrons. The summed E-state index contributed by atoms with van der Waals surface area (Å²) in [4.78, 5) is 0. The molecule has 0 saturated heterocycles. The first-order valence-electron chi connectivity index (χ1n) is 3.79. The first-order chi connectivity index (χ1) is 4.57. The second kappa shape index (κ2) is 4.26. The highest BCUT2D eigenvalue weighted by molar-refractivity contribution is 5.81. The molecule has 0 aromatic rings. The van der Waals surface area contributed by atoms with Gasteiger partial charge < -0.3 is 5.41 Å². The first-order valence-corrected chi connectivity index (χ1v) is 3.79. The lowest BCUT2D eigenvalue weighted by molar-refractivity contribution is 0.732. The van der Waals surface area contributed by atoms with Crippen LogP contribution in [-0.4, -0.2) is 5.71 Å². The summed E-state index contributed by atoms with van der Waals surface area (Å²) < 4.78 is 0. The van der Waals surface area contributed by atoms with Crippen LogP contribution < -0.4 is 0 Å². The molecule has 1 N–H and O–H groups in total. The Kier molecular flexibility index (Phi) is 4.01. The third-order valence-electron chi connectivity index (χ3n) is 1.83. The molecule has 0 amide bonds. The number of hydrogen-bond donors (Lipinski definition) is 1. The maximum atomic E-state index is 7.33. The van der Waals surface area contributed by atoms with Crippen LogP contribution in [-0.2, 0) is 0 Å². The van der Waals surface area contributed by atoms with Crippen molar-refractivity contribution in [2.24, 2.45) is 5.92 Å². The average Bonchev–Trinajstić information content (AvgIpc) is 1.87. The fourth-order valence-corrected chi connectivity index (χ4v) is 0.730. The summed E-state index contributed by atoms with van der Waals surface area (Å²) in [5.74, 6) is 0.382. The van der Waals surface area contributed by atoms with Crippen molar-refractivity contribution >= 4 is 5.71 Å². The van der Waals surface area contributed by atoms with Crippen molar-refractivity contribution in [3.8, 4) is 0 Å². The topological polar surface area (TPSA) is 23.9 Å². The van der Waals surface area contributed by atoms with Gasteiger partial charge in [0.1, 0.15) is 0 Å². The van der Waals surface area contributed by atoms with E-state index in [4.69, 9.17) is 5.41 Å². The predicted octanol–water partition coefficient (Wildman–Crippen LogP) is 3.02. The Balaban J connectivity index is 3.68. The summed E-state index contributed by atoms with van der Waals surface area (Å²) in [5, 5.41) is 7.33.